The molecule has 1 saturated carbocycles. The number of hydrogen-bond donors (Lipinski definition) is 2. The van der Waals surface area contributed by atoms with E-state index in [1.165, 1.54) is 0 Å². The molecule has 1 aromatic rings. The zero-order valence-electron chi connectivity index (χ0n) is 9.78. The number of amides is 2. The van der Waals surface area contributed by atoms with Gasteiger partial charge in [-0.05, 0) is 37.0 Å². The summed E-state index contributed by atoms with van der Waals surface area (Å²) >= 11 is 0. The molecule has 0 radical (unpaired) electrons. The van der Waals surface area contributed by atoms with E-state index in [0.29, 0.717) is 6.54 Å². The van der Waals surface area contributed by atoms with Crippen LogP contribution in [-0.2, 0) is 6.54 Å². The maximum Gasteiger partial charge on any atom is 0.322 e. The topological polar surface area (TPSA) is 58.4 Å². The molecule has 90 valence electrons. The molecule has 17 heavy (non-hydrogen) atoms. The first kappa shape index (κ1) is 10.6. The van der Waals surface area contributed by atoms with Gasteiger partial charge in [-0.1, -0.05) is 12.1 Å². The summed E-state index contributed by atoms with van der Waals surface area (Å²) in [7, 11) is 0. The highest BCUT2D eigenvalue weighted by Gasteiger charge is 2.52. The Balaban J connectivity index is 1.97. The molecule has 1 aliphatic heterocycles. The minimum absolute atomic E-state index is 0.0305. The summed E-state index contributed by atoms with van der Waals surface area (Å²) < 4.78 is 0. The number of benzene rings is 1. The number of nitrogens with zero attached hydrogens (tertiary/aromatic N) is 1. The number of carbonyl (C=O) groups excluding carboxylic acids is 1. The van der Waals surface area contributed by atoms with Crippen molar-refractivity contribution in [2.45, 2.75) is 31.3 Å². The fraction of sp³-hybridized carbons (Fsp3) is 0.462. The van der Waals surface area contributed by atoms with Crippen molar-refractivity contribution in [3.05, 3.63) is 29.8 Å². The molecule has 2 amide bonds. The number of rotatable bonds is 2. The van der Waals surface area contributed by atoms with E-state index in [1.54, 1.807) is 0 Å². The Morgan fingerprint density at radius 2 is 2.18 bits per heavy atom. The van der Waals surface area contributed by atoms with Crippen LogP contribution in [0.4, 0.5) is 10.5 Å². The highest BCUT2D eigenvalue weighted by molar-refractivity contribution is 5.95. The van der Waals surface area contributed by atoms with E-state index < -0.39 is 0 Å². The molecule has 3 rings (SSSR count). The lowest BCUT2D eigenvalue weighted by Crippen LogP contribution is -2.54. The highest BCUT2D eigenvalue weighted by Crippen LogP contribution is 2.48. The van der Waals surface area contributed by atoms with Crippen LogP contribution in [0.1, 0.15) is 24.8 Å². The van der Waals surface area contributed by atoms with Crippen LogP contribution in [0.3, 0.4) is 0 Å². The van der Waals surface area contributed by atoms with Gasteiger partial charge in [0.25, 0.3) is 0 Å². The van der Waals surface area contributed by atoms with Crippen LogP contribution in [-0.4, -0.2) is 18.1 Å². The second-order valence-electron chi connectivity index (χ2n) is 4.92. The normalized spacial score (nSPS) is 21.5. The van der Waals surface area contributed by atoms with Crippen molar-refractivity contribution in [2.75, 3.05) is 11.4 Å². The molecule has 1 saturated heterocycles. The lowest BCUT2D eigenvalue weighted by molar-refractivity contribution is 0.236. The van der Waals surface area contributed by atoms with E-state index in [2.05, 4.69) is 5.32 Å². The van der Waals surface area contributed by atoms with E-state index in [0.717, 1.165) is 37.1 Å². The van der Waals surface area contributed by atoms with Gasteiger partial charge in [0.2, 0.25) is 0 Å². The molecular formula is C13H17N3O. The van der Waals surface area contributed by atoms with Gasteiger partial charge in [0.05, 0.1) is 5.54 Å². The summed E-state index contributed by atoms with van der Waals surface area (Å²) in [6, 6.07) is 8.00. The van der Waals surface area contributed by atoms with Crippen molar-refractivity contribution in [1.82, 2.24) is 5.32 Å². The smallest absolute Gasteiger partial charge is 0.322 e. The average Bonchev–Trinajstić information content (AvgIpc) is 3.09. The fourth-order valence-corrected chi connectivity index (χ4v) is 2.64. The molecule has 0 atom stereocenters. The molecule has 2 fully saturated rings. The summed E-state index contributed by atoms with van der Waals surface area (Å²) in [6.07, 6.45) is 3.28. The van der Waals surface area contributed by atoms with Gasteiger partial charge in [-0.15, -0.1) is 0 Å². The quantitative estimate of drug-likeness (QED) is 0.812. The van der Waals surface area contributed by atoms with E-state index in [9.17, 15) is 4.79 Å². The molecule has 1 spiro atoms. The molecule has 4 nitrogen and oxygen atoms in total. The number of hydrogen-bond acceptors (Lipinski definition) is 2. The largest absolute Gasteiger partial charge is 0.338 e. The summed E-state index contributed by atoms with van der Waals surface area (Å²) in [5, 5.41) is 2.92. The average molecular weight is 231 g/mol. The summed E-state index contributed by atoms with van der Waals surface area (Å²) in [5.41, 5.74) is 7.78. The maximum atomic E-state index is 12.0. The molecule has 4 heteroatoms. The Labute approximate surface area is 101 Å². The van der Waals surface area contributed by atoms with E-state index >= 15 is 0 Å². The molecular weight excluding hydrogens is 214 g/mol. The third-order valence-corrected chi connectivity index (χ3v) is 3.78. The minimum atomic E-state index is 0.0305. The van der Waals surface area contributed by atoms with Gasteiger partial charge in [-0.3, -0.25) is 4.90 Å². The highest BCUT2D eigenvalue weighted by atomic mass is 16.2. The van der Waals surface area contributed by atoms with Gasteiger partial charge in [0.15, 0.2) is 0 Å². The Morgan fingerprint density at radius 3 is 2.88 bits per heavy atom. The van der Waals surface area contributed by atoms with Gasteiger partial charge >= 0.3 is 6.03 Å². The van der Waals surface area contributed by atoms with Crippen LogP contribution in [0.2, 0.25) is 0 Å². The lowest BCUT2D eigenvalue weighted by Gasteiger charge is -2.36. The van der Waals surface area contributed by atoms with Gasteiger partial charge in [0.1, 0.15) is 0 Å². The van der Waals surface area contributed by atoms with Crippen molar-refractivity contribution in [2.24, 2.45) is 5.73 Å². The molecule has 3 N–H and O–H groups in total. The third kappa shape index (κ3) is 1.69. The van der Waals surface area contributed by atoms with Crippen molar-refractivity contribution in [1.29, 1.82) is 0 Å². The number of urea groups is 1. The summed E-state index contributed by atoms with van der Waals surface area (Å²) in [4.78, 5) is 14.0. The van der Waals surface area contributed by atoms with Crippen molar-refractivity contribution in [3.63, 3.8) is 0 Å². The summed E-state index contributed by atoms with van der Waals surface area (Å²) in [6.45, 7) is 1.31. The monoisotopic (exact) mass is 231 g/mol. The van der Waals surface area contributed by atoms with E-state index in [4.69, 9.17) is 5.73 Å². The molecule has 0 aromatic heterocycles. The standard InChI is InChI=1S/C13H17N3O/c14-9-10-2-1-3-11(8-10)16-12(17)15-7-6-13(16)4-5-13/h1-3,8H,4-7,9,14H2,(H,15,17). The zero-order valence-corrected chi connectivity index (χ0v) is 9.78. The first-order valence-electron chi connectivity index (χ1n) is 6.12. The van der Waals surface area contributed by atoms with Gasteiger partial charge in [0, 0.05) is 18.8 Å². The van der Waals surface area contributed by atoms with Crippen LogP contribution in [0.25, 0.3) is 0 Å². The number of nitrogens with two attached hydrogens (primary N) is 1. The number of anilines is 1. The van der Waals surface area contributed by atoms with Crippen LogP contribution < -0.4 is 16.0 Å². The fourth-order valence-electron chi connectivity index (χ4n) is 2.64. The van der Waals surface area contributed by atoms with Crippen molar-refractivity contribution >= 4 is 11.7 Å². The Hall–Kier alpha value is -1.55. The van der Waals surface area contributed by atoms with Crippen LogP contribution in [0.5, 0.6) is 0 Å². The third-order valence-electron chi connectivity index (χ3n) is 3.78. The predicted octanol–water partition coefficient (Wildman–Crippen LogP) is 1.60. The molecule has 2 aliphatic rings. The maximum absolute atomic E-state index is 12.0. The SMILES string of the molecule is NCc1cccc(N2C(=O)NCCC23CC3)c1. The van der Waals surface area contributed by atoms with Crippen LogP contribution >= 0.6 is 0 Å². The van der Waals surface area contributed by atoms with E-state index in [1.807, 2.05) is 29.2 Å². The first-order chi connectivity index (χ1) is 8.25. The lowest BCUT2D eigenvalue weighted by atomic mass is 10.1. The van der Waals surface area contributed by atoms with Crippen LogP contribution in [0.15, 0.2) is 24.3 Å². The Bertz CT molecular complexity index is 454. The second kappa shape index (κ2) is 3.74. The van der Waals surface area contributed by atoms with Gasteiger partial charge < -0.3 is 11.1 Å². The Morgan fingerprint density at radius 1 is 1.35 bits per heavy atom. The second-order valence-corrected chi connectivity index (χ2v) is 4.92. The molecule has 1 aliphatic carbocycles. The summed E-state index contributed by atoms with van der Waals surface area (Å²) in [5.74, 6) is 0. The van der Waals surface area contributed by atoms with Crippen molar-refractivity contribution in [3.8, 4) is 0 Å². The Kier molecular flexibility index (Phi) is 2.33. The van der Waals surface area contributed by atoms with E-state index in [-0.39, 0.29) is 11.6 Å². The molecule has 0 unspecified atom stereocenters. The van der Waals surface area contributed by atoms with Crippen molar-refractivity contribution < 1.29 is 4.79 Å². The van der Waals surface area contributed by atoms with Gasteiger partial charge in [-0.2, -0.15) is 0 Å². The first-order valence-corrected chi connectivity index (χ1v) is 6.12. The molecule has 0 bridgehead atoms. The van der Waals surface area contributed by atoms with Crippen LogP contribution in [0, 0.1) is 0 Å². The van der Waals surface area contributed by atoms with Gasteiger partial charge in [-0.25, -0.2) is 4.79 Å². The number of nitrogens with one attached hydrogen (secondary N) is 1. The zero-order chi connectivity index (χ0) is 11.9. The number of carbonyl (C=O) groups is 1. The molecule has 1 aromatic carbocycles. The molecule has 1 heterocycles. The minimum Gasteiger partial charge on any atom is -0.338 e. The predicted molar refractivity (Wildman–Crippen MR) is 66.8 cm³/mol.